The Labute approximate surface area is 115 Å². The predicted octanol–water partition coefficient (Wildman–Crippen LogP) is 3.06. The molecule has 4 nitrogen and oxygen atoms in total. The fourth-order valence-electron chi connectivity index (χ4n) is 1.95. The maximum absolute atomic E-state index is 11.7. The lowest BCUT2D eigenvalue weighted by Crippen LogP contribution is -2.35. The minimum absolute atomic E-state index is 0.168. The van der Waals surface area contributed by atoms with Gasteiger partial charge >= 0.3 is 6.03 Å². The van der Waals surface area contributed by atoms with Crippen LogP contribution in [0.3, 0.4) is 0 Å². The van der Waals surface area contributed by atoms with E-state index in [-0.39, 0.29) is 12.1 Å². The van der Waals surface area contributed by atoms with Crippen molar-refractivity contribution in [2.75, 3.05) is 18.5 Å². The Balaban J connectivity index is 1.82. The highest BCUT2D eigenvalue weighted by Gasteiger charge is 2.16. The predicted molar refractivity (Wildman–Crippen MR) is 74.9 cm³/mol. The van der Waals surface area contributed by atoms with Crippen LogP contribution in [0.5, 0.6) is 0 Å². The second kappa shape index (κ2) is 6.20. The molecule has 2 rings (SSSR count). The van der Waals surface area contributed by atoms with Crippen LogP contribution < -0.4 is 10.6 Å². The third kappa shape index (κ3) is 3.71. The molecule has 5 heteroatoms. The first-order chi connectivity index (χ1) is 8.65. The van der Waals surface area contributed by atoms with Crippen LogP contribution >= 0.6 is 15.9 Å². The Kier molecular flexibility index (Phi) is 4.60. The zero-order chi connectivity index (χ0) is 13.0. The van der Waals surface area contributed by atoms with Crippen molar-refractivity contribution >= 4 is 27.6 Å². The Morgan fingerprint density at radius 3 is 3.06 bits per heavy atom. The van der Waals surface area contributed by atoms with Gasteiger partial charge in [0.25, 0.3) is 0 Å². The van der Waals surface area contributed by atoms with E-state index in [1.54, 1.807) is 0 Å². The van der Waals surface area contributed by atoms with E-state index in [9.17, 15) is 4.79 Å². The van der Waals surface area contributed by atoms with Crippen LogP contribution in [-0.2, 0) is 4.74 Å². The lowest BCUT2D eigenvalue weighted by molar-refractivity contribution is 0.112. The molecule has 1 fully saturated rings. The van der Waals surface area contributed by atoms with Crippen molar-refractivity contribution in [3.8, 4) is 0 Å². The summed E-state index contributed by atoms with van der Waals surface area (Å²) in [5.41, 5.74) is 1.85. The molecule has 1 aliphatic heterocycles. The number of amides is 2. The zero-order valence-electron chi connectivity index (χ0n) is 10.3. The van der Waals surface area contributed by atoms with Gasteiger partial charge in [-0.3, -0.25) is 0 Å². The third-order valence-corrected chi connectivity index (χ3v) is 3.44. The first-order valence-corrected chi connectivity index (χ1v) is 6.87. The lowest BCUT2D eigenvalue weighted by atomic mass is 10.2. The van der Waals surface area contributed by atoms with Crippen LogP contribution in [-0.4, -0.2) is 25.3 Å². The molecule has 0 saturated carbocycles. The van der Waals surface area contributed by atoms with Crippen molar-refractivity contribution in [3.63, 3.8) is 0 Å². The highest BCUT2D eigenvalue weighted by Crippen LogP contribution is 2.19. The number of aryl methyl sites for hydroxylation is 1. The Hall–Kier alpha value is -1.07. The summed E-state index contributed by atoms with van der Waals surface area (Å²) in [5, 5.41) is 5.66. The molecule has 2 N–H and O–H groups in total. The summed E-state index contributed by atoms with van der Waals surface area (Å²) in [6.45, 7) is 3.33. The summed E-state index contributed by atoms with van der Waals surface area (Å²) >= 11 is 3.39. The average Bonchev–Trinajstić information content (AvgIpc) is 2.83. The minimum atomic E-state index is -0.184. The normalized spacial score (nSPS) is 18.7. The summed E-state index contributed by atoms with van der Waals surface area (Å²) < 4.78 is 6.45. The van der Waals surface area contributed by atoms with E-state index in [2.05, 4.69) is 26.6 Å². The van der Waals surface area contributed by atoms with Gasteiger partial charge < -0.3 is 15.4 Å². The number of rotatable bonds is 3. The molecule has 18 heavy (non-hydrogen) atoms. The topological polar surface area (TPSA) is 50.4 Å². The summed E-state index contributed by atoms with van der Waals surface area (Å²) in [6, 6.07) is 5.57. The lowest BCUT2D eigenvalue weighted by Gasteiger charge is -2.13. The second-order valence-electron chi connectivity index (χ2n) is 4.43. The molecule has 0 radical (unpaired) electrons. The van der Waals surface area contributed by atoms with Crippen molar-refractivity contribution in [3.05, 3.63) is 28.2 Å². The Bertz CT molecular complexity index is 431. The zero-order valence-corrected chi connectivity index (χ0v) is 11.9. The standard InChI is InChI=1S/C13H17BrN2O2/c1-9-7-10(14)4-5-12(9)16-13(17)15-8-11-3-2-6-18-11/h4-5,7,11H,2-3,6,8H2,1H3,(H2,15,16,17). The number of ether oxygens (including phenoxy) is 1. The van der Waals surface area contributed by atoms with E-state index in [4.69, 9.17) is 4.74 Å². The smallest absolute Gasteiger partial charge is 0.319 e. The van der Waals surface area contributed by atoms with Crippen LogP contribution in [0.25, 0.3) is 0 Å². The van der Waals surface area contributed by atoms with Crippen LogP contribution in [0, 0.1) is 6.92 Å². The molecule has 1 aromatic rings. The molecule has 1 heterocycles. The fraction of sp³-hybridized carbons (Fsp3) is 0.462. The van der Waals surface area contributed by atoms with E-state index < -0.39 is 0 Å². The molecule has 1 aliphatic rings. The summed E-state index contributed by atoms with van der Waals surface area (Å²) in [5.74, 6) is 0. The van der Waals surface area contributed by atoms with Gasteiger partial charge in [-0.25, -0.2) is 4.79 Å². The number of anilines is 1. The molecule has 98 valence electrons. The van der Waals surface area contributed by atoms with E-state index in [0.29, 0.717) is 6.54 Å². The largest absolute Gasteiger partial charge is 0.376 e. The number of urea groups is 1. The van der Waals surface area contributed by atoms with Gasteiger partial charge in [0.05, 0.1) is 6.10 Å². The Morgan fingerprint density at radius 2 is 2.39 bits per heavy atom. The monoisotopic (exact) mass is 312 g/mol. The van der Waals surface area contributed by atoms with Crippen LogP contribution in [0.15, 0.2) is 22.7 Å². The number of benzene rings is 1. The molecule has 0 bridgehead atoms. The fourth-order valence-corrected chi connectivity index (χ4v) is 2.42. The summed E-state index contributed by atoms with van der Waals surface area (Å²) in [7, 11) is 0. The SMILES string of the molecule is Cc1cc(Br)ccc1NC(=O)NCC1CCCO1. The van der Waals surface area contributed by atoms with E-state index in [1.807, 2.05) is 25.1 Å². The van der Waals surface area contributed by atoms with Gasteiger partial charge in [0.1, 0.15) is 0 Å². The molecule has 1 unspecified atom stereocenters. The van der Waals surface area contributed by atoms with E-state index in [0.717, 1.165) is 35.2 Å². The van der Waals surface area contributed by atoms with Crippen molar-refractivity contribution in [2.45, 2.75) is 25.9 Å². The molecule has 0 aliphatic carbocycles. The number of carbonyl (C=O) groups excluding carboxylic acids is 1. The van der Waals surface area contributed by atoms with Gasteiger partial charge in [0, 0.05) is 23.3 Å². The molecular formula is C13H17BrN2O2. The van der Waals surface area contributed by atoms with E-state index >= 15 is 0 Å². The van der Waals surface area contributed by atoms with Gasteiger partial charge in [-0.15, -0.1) is 0 Å². The molecule has 1 aromatic carbocycles. The molecule has 2 amide bonds. The van der Waals surface area contributed by atoms with Gasteiger partial charge in [-0.2, -0.15) is 0 Å². The maximum Gasteiger partial charge on any atom is 0.319 e. The van der Waals surface area contributed by atoms with Crippen molar-refractivity contribution in [1.29, 1.82) is 0 Å². The minimum Gasteiger partial charge on any atom is -0.376 e. The van der Waals surface area contributed by atoms with Crippen LogP contribution in [0.1, 0.15) is 18.4 Å². The number of hydrogen-bond acceptors (Lipinski definition) is 2. The molecule has 0 aromatic heterocycles. The van der Waals surface area contributed by atoms with Crippen LogP contribution in [0.2, 0.25) is 0 Å². The second-order valence-corrected chi connectivity index (χ2v) is 5.34. The molecule has 1 saturated heterocycles. The number of carbonyl (C=O) groups is 1. The van der Waals surface area contributed by atoms with Crippen molar-refractivity contribution in [2.24, 2.45) is 0 Å². The number of hydrogen-bond donors (Lipinski definition) is 2. The maximum atomic E-state index is 11.7. The summed E-state index contributed by atoms with van der Waals surface area (Å²) in [4.78, 5) is 11.7. The third-order valence-electron chi connectivity index (χ3n) is 2.95. The molecule has 1 atom stereocenters. The van der Waals surface area contributed by atoms with Crippen molar-refractivity contribution < 1.29 is 9.53 Å². The Morgan fingerprint density at radius 1 is 1.56 bits per heavy atom. The quantitative estimate of drug-likeness (QED) is 0.901. The number of halogens is 1. The molecular weight excluding hydrogens is 296 g/mol. The molecule has 0 spiro atoms. The van der Waals surface area contributed by atoms with E-state index in [1.165, 1.54) is 0 Å². The van der Waals surface area contributed by atoms with Gasteiger partial charge in [0.2, 0.25) is 0 Å². The van der Waals surface area contributed by atoms with Gasteiger partial charge in [-0.05, 0) is 43.5 Å². The average molecular weight is 313 g/mol. The summed E-state index contributed by atoms with van der Waals surface area (Å²) in [6.07, 6.45) is 2.28. The number of nitrogens with one attached hydrogen (secondary N) is 2. The highest BCUT2D eigenvalue weighted by atomic mass is 79.9. The van der Waals surface area contributed by atoms with Gasteiger partial charge in [-0.1, -0.05) is 15.9 Å². The van der Waals surface area contributed by atoms with Gasteiger partial charge in [0.15, 0.2) is 0 Å². The first-order valence-electron chi connectivity index (χ1n) is 6.08. The van der Waals surface area contributed by atoms with Crippen LogP contribution in [0.4, 0.5) is 10.5 Å². The highest BCUT2D eigenvalue weighted by molar-refractivity contribution is 9.10. The van der Waals surface area contributed by atoms with Crippen molar-refractivity contribution in [1.82, 2.24) is 5.32 Å². The first kappa shape index (κ1) is 13.4.